The van der Waals surface area contributed by atoms with E-state index in [0.717, 1.165) is 30.6 Å². The maximum absolute atomic E-state index is 13.5. The third-order valence-electron chi connectivity index (χ3n) is 7.64. The number of nitriles is 1. The van der Waals surface area contributed by atoms with Crippen LogP contribution in [-0.2, 0) is 23.4 Å². The molecule has 10 nitrogen and oxygen atoms in total. The first-order chi connectivity index (χ1) is 18.2. The molecule has 0 aliphatic carbocycles. The van der Waals surface area contributed by atoms with Crippen LogP contribution in [-0.4, -0.2) is 60.1 Å². The van der Waals surface area contributed by atoms with E-state index in [9.17, 15) is 23.3 Å². The summed E-state index contributed by atoms with van der Waals surface area (Å²) in [6.45, 7) is 1.56. The van der Waals surface area contributed by atoms with Crippen molar-refractivity contribution in [3.8, 4) is 6.07 Å². The molecule has 3 N–H and O–H groups in total. The molecule has 0 unspecified atom stereocenters. The highest BCUT2D eigenvalue weighted by Gasteiger charge is 2.28. The summed E-state index contributed by atoms with van der Waals surface area (Å²) < 4.78 is 26.8. The number of carbonyl (C=O) groups excluding carboxylic acids is 1. The predicted molar refractivity (Wildman–Crippen MR) is 146 cm³/mol. The third kappa shape index (κ3) is 5.06. The fourth-order valence-electron chi connectivity index (χ4n) is 5.50. The summed E-state index contributed by atoms with van der Waals surface area (Å²) in [5, 5.41) is 12.6. The van der Waals surface area contributed by atoms with E-state index in [1.54, 1.807) is 35.9 Å². The molecule has 3 heterocycles. The Morgan fingerprint density at radius 2 is 1.92 bits per heavy atom. The van der Waals surface area contributed by atoms with Crippen LogP contribution >= 0.6 is 0 Å². The van der Waals surface area contributed by atoms with Gasteiger partial charge in [0.2, 0.25) is 0 Å². The van der Waals surface area contributed by atoms with Crippen LogP contribution < -0.4 is 21.6 Å². The van der Waals surface area contributed by atoms with Gasteiger partial charge in [0.15, 0.2) is 0 Å². The average molecular weight is 537 g/mol. The number of benzene rings is 2. The van der Waals surface area contributed by atoms with Crippen LogP contribution in [0.3, 0.4) is 0 Å². The number of rotatable bonds is 5. The molecular formula is C27H32N6O4S. The number of fused-ring (bicyclic) bond motifs is 1. The van der Waals surface area contributed by atoms with Gasteiger partial charge in [0.05, 0.1) is 46.4 Å². The van der Waals surface area contributed by atoms with E-state index >= 15 is 0 Å². The topological polar surface area (TPSA) is 143 Å². The molecule has 1 amide bonds. The van der Waals surface area contributed by atoms with E-state index in [-0.39, 0.29) is 41.7 Å². The lowest BCUT2D eigenvalue weighted by Gasteiger charge is -2.33. The monoisotopic (exact) mass is 536 g/mol. The molecule has 3 aromatic rings. The molecule has 11 heteroatoms. The lowest BCUT2D eigenvalue weighted by atomic mass is 10.0. The summed E-state index contributed by atoms with van der Waals surface area (Å²) in [5.41, 5.74) is 9.76. The maximum Gasteiger partial charge on any atom is 0.329 e. The van der Waals surface area contributed by atoms with Gasteiger partial charge in [0.1, 0.15) is 9.84 Å². The van der Waals surface area contributed by atoms with E-state index in [2.05, 4.69) is 16.3 Å². The number of imidazole rings is 1. The fourth-order valence-corrected chi connectivity index (χ4v) is 7.00. The second kappa shape index (κ2) is 10.3. The van der Waals surface area contributed by atoms with Gasteiger partial charge < -0.3 is 16.0 Å². The van der Waals surface area contributed by atoms with E-state index in [1.807, 2.05) is 12.1 Å². The van der Waals surface area contributed by atoms with Crippen LogP contribution in [0.4, 0.5) is 5.69 Å². The number of amides is 1. The Balaban J connectivity index is 1.59. The number of aryl methyl sites for hydroxylation is 1. The molecule has 2 saturated heterocycles. The lowest BCUT2D eigenvalue weighted by Crippen LogP contribution is -2.43. The average Bonchev–Trinajstić information content (AvgIpc) is 3.14. The second-order valence-corrected chi connectivity index (χ2v) is 12.6. The van der Waals surface area contributed by atoms with Gasteiger partial charge in [-0.05, 0) is 49.4 Å². The molecule has 0 bridgehead atoms. The molecule has 200 valence electrons. The van der Waals surface area contributed by atoms with Crippen molar-refractivity contribution in [2.75, 3.05) is 29.5 Å². The van der Waals surface area contributed by atoms with Crippen molar-refractivity contribution in [1.82, 2.24) is 14.5 Å². The Morgan fingerprint density at radius 3 is 2.63 bits per heavy atom. The Hall–Kier alpha value is -3.62. The van der Waals surface area contributed by atoms with Crippen LogP contribution in [0.25, 0.3) is 11.0 Å². The number of aromatic nitrogens is 2. The Kier molecular flexibility index (Phi) is 7.03. The number of sulfone groups is 1. The minimum absolute atomic E-state index is 0.0244. The Morgan fingerprint density at radius 1 is 1.18 bits per heavy atom. The van der Waals surface area contributed by atoms with Gasteiger partial charge in [-0.25, -0.2) is 13.2 Å². The van der Waals surface area contributed by atoms with Gasteiger partial charge in [-0.1, -0.05) is 18.2 Å². The Bertz CT molecular complexity index is 1590. The first-order valence-corrected chi connectivity index (χ1v) is 14.7. The number of carbonyl (C=O) groups is 1. The smallest absolute Gasteiger partial charge is 0.329 e. The number of anilines is 1. The molecule has 5 rings (SSSR count). The first-order valence-electron chi connectivity index (χ1n) is 12.9. The van der Waals surface area contributed by atoms with Crippen molar-refractivity contribution in [2.24, 2.45) is 12.8 Å². The van der Waals surface area contributed by atoms with Crippen molar-refractivity contribution in [1.29, 1.82) is 5.26 Å². The summed E-state index contributed by atoms with van der Waals surface area (Å²) in [4.78, 5) is 29.0. The van der Waals surface area contributed by atoms with Crippen LogP contribution in [0.2, 0.25) is 0 Å². The van der Waals surface area contributed by atoms with Gasteiger partial charge in [-0.2, -0.15) is 5.26 Å². The quantitative estimate of drug-likeness (QED) is 0.503. The molecule has 38 heavy (non-hydrogen) atoms. The Labute approximate surface area is 221 Å². The van der Waals surface area contributed by atoms with E-state index in [0.29, 0.717) is 41.5 Å². The zero-order valence-corrected chi connectivity index (χ0v) is 22.2. The maximum atomic E-state index is 13.5. The number of nitrogens with zero attached hydrogens (tertiary/aromatic N) is 4. The molecule has 0 spiro atoms. The highest BCUT2D eigenvalue weighted by molar-refractivity contribution is 7.91. The van der Waals surface area contributed by atoms with Crippen molar-refractivity contribution in [3.63, 3.8) is 0 Å². The predicted octanol–water partition coefficient (Wildman–Crippen LogP) is 1.49. The highest BCUT2D eigenvalue weighted by Crippen LogP contribution is 2.31. The number of nitrogens with two attached hydrogens (primary N) is 1. The molecule has 2 aliphatic rings. The number of nitrogens with one attached hydrogen (secondary N) is 1. The highest BCUT2D eigenvalue weighted by atomic mass is 32.2. The zero-order chi connectivity index (χ0) is 27.0. The molecule has 1 atom stereocenters. The molecule has 1 aromatic heterocycles. The van der Waals surface area contributed by atoms with Gasteiger partial charge >= 0.3 is 5.69 Å². The number of hydrogen-bond donors (Lipinski definition) is 2. The molecule has 2 aromatic carbocycles. The van der Waals surface area contributed by atoms with Crippen LogP contribution in [0.1, 0.15) is 47.2 Å². The fraction of sp³-hybridized carbons (Fsp3) is 0.444. The molecule has 0 saturated carbocycles. The second-order valence-electron chi connectivity index (χ2n) is 10.3. The van der Waals surface area contributed by atoms with Crippen molar-refractivity contribution in [3.05, 3.63) is 63.6 Å². The molecule has 2 fully saturated rings. The van der Waals surface area contributed by atoms with Gasteiger partial charge in [0, 0.05) is 37.8 Å². The standard InChI is InChI=1S/C27H32N6O4S/c1-31-23-13-20(26(34)30-22-8-11-38(36,37)12-9-22)14-24(32-10-4-7-21(29)17-32)25(23)33(27(31)35)16-19-6-3-2-5-18(19)15-28/h2-3,5-6,13-14,21-22H,4,7-12,16-17,29H2,1H3,(H,30,34)/t21-/m1/s1. The summed E-state index contributed by atoms with van der Waals surface area (Å²) in [6.07, 6.45) is 2.57. The molecule has 2 aliphatic heterocycles. The summed E-state index contributed by atoms with van der Waals surface area (Å²) in [7, 11) is -1.36. The van der Waals surface area contributed by atoms with Crippen molar-refractivity contribution < 1.29 is 13.2 Å². The molecule has 0 radical (unpaired) electrons. The van der Waals surface area contributed by atoms with E-state index < -0.39 is 9.84 Å². The van der Waals surface area contributed by atoms with Crippen LogP contribution in [0.15, 0.2) is 41.2 Å². The van der Waals surface area contributed by atoms with Crippen LogP contribution in [0, 0.1) is 11.3 Å². The van der Waals surface area contributed by atoms with Crippen LogP contribution in [0.5, 0.6) is 0 Å². The zero-order valence-electron chi connectivity index (χ0n) is 21.4. The SMILES string of the molecule is Cn1c(=O)n(Cc2ccccc2C#N)c2c(N3CCC[C@@H](N)C3)cc(C(=O)NC3CCS(=O)(=O)CC3)cc21. The number of hydrogen-bond acceptors (Lipinski definition) is 7. The lowest BCUT2D eigenvalue weighted by molar-refractivity contribution is 0.0934. The van der Waals surface area contributed by atoms with Gasteiger partial charge in [0.25, 0.3) is 5.91 Å². The summed E-state index contributed by atoms with van der Waals surface area (Å²) >= 11 is 0. The number of piperidine rings is 1. The van der Waals surface area contributed by atoms with Crippen molar-refractivity contribution >= 4 is 32.5 Å². The summed E-state index contributed by atoms with van der Waals surface area (Å²) in [6, 6.07) is 12.7. The minimum Gasteiger partial charge on any atom is -0.368 e. The van der Waals surface area contributed by atoms with Crippen molar-refractivity contribution in [2.45, 2.75) is 44.3 Å². The summed E-state index contributed by atoms with van der Waals surface area (Å²) in [5.74, 6) is -0.168. The normalized spacial score (nSPS) is 19.8. The van der Waals surface area contributed by atoms with E-state index in [1.165, 1.54) is 4.57 Å². The third-order valence-corrected chi connectivity index (χ3v) is 9.35. The molecular weight excluding hydrogens is 504 g/mol. The largest absolute Gasteiger partial charge is 0.368 e. The van der Waals surface area contributed by atoms with Gasteiger partial charge in [-0.15, -0.1) is 0 Å². The minimum atomic E-state index is -3.04. The first kappa shape index (κ1) is 26.0. The van der Waals surface area contributed by atoms with E-state index in [4.69, 9.17) is 5.73 Å². The van der Waals surface area contributed by atoms with Gasteiger partial charge in [-0.3, -0.25) is 13.9 Å².